The predicted molar refractivity (Wildman–Crippen MR) is 69.1 cm³/mol. The van der Waals surface area contributed by atoms with Crippen LogP contribution in [0, 0.1) is 0 Å². The van der Waals surface area contributed by atoms with Crippen LogP contribution in [0.2, 0.25) is 0 Å². The molecule has 1 saturated carbocycles. The third-order valence-electron chi connectivity index (χ3n) is 2.97. The Balaban J connectivity index is 2.38. The molecule has 1 rings (SSSR count). The molecule has 0 unspecified atom stereocenters. The van der Waals surface area contributed by atoms with Gasteiger partial charge in [0.15, 0.2) is 0 Å². The largest absolute Gasteiger partial charge is 0.444 e. The van der Waals surface area contributed by atoms with Crippen LogP contribution >= 0.6 is 0 Å². The third-order valence-corrected chi connectivity index (χ3v) is 2.97. The van der Waals surface area contributed by atoms with Crippen LogP contribution in [0.25, 0.3) is 0 Å². The number of carbonyl (C=O) groups excluding carboxylic acids is 1. The second-order valence-electron chi connectivity index (χ2n) is 5.94. The molecular formula is C13H26N2O2. The van der Waals surface area contributed by atoms with Crippen LogP contribution in [0.5, 0.6) is 0 Å². The molecule has 0 spiro atoms. The summed E-state index contributed by atoms with van der Waals surface area (Å²) >= 11 is 0. The summed E-state index contributed by atoms with van der Waals surface area (Å²) in [6.45, 7) is 9.64. The van der Waals surface area contributed by atoms with E-state index in [2.05, 4.69) is 17.6 Å². The molecule has 1 aliphatic rings. The number of amides is 1. The minimum atomic E-state index is -0.425. The van der Waals surface area contributed by atoms with E-state index in [4.69, 9.17) is 4.74 Å². The monoisotopic (exact) mass is 242 g/mol. The molecule has 0 heterocycles. The number of carbonyl (C=O) groups is 1. The van der Waals surface area contributed by atoms with E-state index < -0.39 is 5.60 Å². The van der Waals surface area contributed by atoms with Gasteiger partial charge in [0.05, 0.1) is 5.54 Å². The lowest BCUT2D eigenvalue weighted by Crippen LogP contribution is -2.59. The minimum absolute atomic E-state index is 0.0719. The van der Waals surface area contributed by atoms with Gasteiger partial charge in [0.2, 0.25) is 0 Å². The lowest BCUT2D eigenvalue weighted by Gasteiger charge is -2.42. The average Bonchev–Trinajstić information content (AvgIpc) is 2.11. The van der Waals surface area contributed by atoms with E-state index in [0.29, 0.717) is 0 Å². The van der Waals surface area contributed by atoms with Gasteiger partial charge in [0.1, 0.15) is 5.60 Å². The summed E-state index contributed by atoms with van der Waals surface area (Å²) in [4.78, 5) is 11.7. The maximum absolute atomic E-state index is 11.7. The molecule has 4 nitrogen and oxygen atoms in total. The Bertz CT molecular complexity index is 255. The topological polar surface area (TPSA) is 50.4 Å². The summed E-state index contributed by atoms with van der Waals surface area (Å²) in [5.41, 5.74) is -0.497. The van der Waals surface area contributed by atoms with Crippen LogP contribution in [-0.2, 0) is 4.74 Å². The quantitative estimate of drug-likeness (QED) is 0.728. The van der Waals surface area contributed by atoms with Gasteiger partial charge >= 0.3 is 6.09 Å². The number of rotatable bonds is 5. The van der Waals surface area contributed by atoms with Gasteiger partial charge < -0.3 is 15.4 Å². The molecule has 0 aromatic carbocycles. The highest BCUT2D eigenvalue weighted by Gasteiger charge is 2.38. The van der Waals surface area contributed by atoms with Gasteiger partial charge in [0, 0.05) is 6.54 Å². The standard InChI is InChI=1S/C13H26N2O2/c1-5-9-14-10-13(7-6-8-13)15-11(16)17-12(2,3)4/h14H,5-10H2,1-4H3,(H,15,16). The molecule has 17 heavy (non-hydrogen) atoms. The first-order valence-electron chi connectivity index (χ1n) is 6.59. The van der Waals surface area contributed by atoms with Crippen molar-refractivity contribution in [3.63, 3.8) is 0 Å². The van der Waals surface area contributed by atoms with Crippen molar-refractivity contribution < 1.29 is 9.53 Å². The molecule has 1 fully saturated rings. The van der Waals surface area contributed by atoms with Crippen molar-refractivity contribution in [2.24, 2.45) is 0 Å². The summed E-state index contributed by atoms with van der Waals surface area (Å²) in [5, 5.41) is 6.40. The van der Waals surface area contributed by atoms with Gasteiger partial charge in [-0.3, -0.25) is 0 Å². The van der Waals surface area contributed by atoms with E-state index in [1.165, 1.54) is 6.42 Å². The summed E-state index contributed by atoms with van der Waals surface area (Å²) in [6, 6.07) is 0. The Kier molecular flexibility index (Phi) is 4.80. The molecule has 1 amide bonds. The van der Waals surface area contributed by atoms with Crippen molar-refractivity contribution in [2.45, 2.75) is 64.5 Å². The van der Waals surface area contributed by atoms with Crippen molar-refractivity contribution in [1.29, 1.82) is 0 Å². The predicted octanol–water partition coefficient (Wildman–Crippen LogP) is 2.43. The summed E-state index contributed by atoms with van der Waals surface area (Å²) in [6.07, 6.45) is 4.09. The van der Waals surface area contributed by atoms with E-state index in [1.54, 1.807) is 0 Å². The Morgan fingerprint density at radius 1 is 1.35 bits per heavy atom. The Hall–Kier alpha value is -0.770. The molecule has 0 aliphatic heterocycles. The van der Waals surface area contributed by atoms with E-state index in [0.717, 1.165) is 32.4 Å². The summed E-state index contributed by atoms with van der Waals surface area (Å²) in [7, 11) is 0. The lowest BCUT2D eigenvalue weighted by molar-refractivity contribution is 0.0383. The first-order valence-corrected chi connectivity index (χ1v) is 6.59. The summed E-state index contributed by atoms with van der Waals surface area (Å²) in [5.74, 6) is 0. The zero-order valence-corrected chi connectivity index (χ0v) is 11.6. The van der Waals surface area contributed by atoms with Crippen LogP contribution in [0.4, 0.5) is 4.79 Å². The molecule has 1 aliphatic carbocycles. The van der Waals surface area contributed by atoms with Gasteiger partial charge in [0.25, 0.3) is 0 Å². The highest BCUT2D eigenvalue weighted by molar-refractivity contribution is 5.69. The van der Waals surface area contributed by atoms with Gasteiger partial charge in [-0.25, -0.2) is 4.79 Å². The third kappa shape index (κ3) is 4.94. The molecule has 0 bridgehead atoms. The van der Waals surface area contributed by atoms with E-state index in [9.17, 15) is 4.79 Å². The fourth-order valence-corrected chi connectivity index (χ4v) is 1.97. The molecule has 0 saturated heterocycles. The van der Waals surface area contributed by atoms with Crippen LogP contribution < -0.4 is 10.6 Å². The van der Waals surface area contributed by atoms with E-state index in [1.807, 2.05) is 20.8 Å². The number of alkyl carbamates (subject to hydrolysis) is 1. The zero-order valence-electron chi connectivity index (χ0n) is 11.6. The summed E-state index contributed by atoms with van der Waals surface area (Å²) < 4.78 is 5.30. The maximum atomic E-state index is 11.7. The van der Waals surface area contributed by atoms with Crippen LogP contribution in [-0.4, -0.2) is 30.3 Å². The number of hydrogen-bond acceptors (Lipinski definition) is 3. The number of ether oxygens (including phenoxy) is 1. The first kappa shape index (κ1) is 14.3. The Labute approximate surface area is 104 Å². The van der Waals surface area contributed by atoms with Crippen molar-refractivity contribution in [3.8, 4) is 0 Å². The normalized spacial score (nSPS) is 18.4. The average molecular weight is 242 g/mol. The maximum Gasteiger partial charge on any atom is 0.408 e. The smallest absolute Gasteiger partial charge is 0.408 e. The Morgan fingerprint density at radius 2 is 2.00 bits per heavy atom. The first-order chi connectivity index (χ1) is 7.87. The van der Waals surface area contributed by atoms with Gasteiger partial charge in [-0.15, -0.1) is 0 Å². The van der Waals surface area contributed by atoms with Crippen LogP contribution in [0.3, 0.4) is 0 Å². The van der Waals surface area contributed by atoms with Crippen LogP contribution in [0.1, 0.15) is 53.4 Å². The van der Waals surface area contributed by atoms with Gasteiger partial charge in [-0.1, -0.05) is 6.92 Å². The number of hydrogen-bond donors (Lipinski definition) is 2. The van der Waals surface area contributed by atoms with E-state index >= 15 is 0 Å². The lowest BCUT2D eigenvalue weighted by atomic mass is 9.76. The fourth-order valence-electron chi connectivity index (χ4n) is 1.97. The van der Waals surface area contributed by atoms with Crippen LogP contribution in [0.15, 0.2) is 0 Å². The molecule has 2 N–H and O–H groups in total. The molecule has 0 aromatic rings. The van der Waals surface area contributed by atoms with Crippen molar-refractivity contribution >= 4 is 6.09 Å². The van der Waals surface area contributed by atoms with Crippen molar-refractivity contribution in [2.75, 3.05) is 13.1 Å². The van der Waals surface area contributed by atoms with Crippen molar-refractivity contribution in [1.82, 2.24) is 10.6 Å². The second-order valence-corrected chi connectivity index (χ2v) is 5.94. The molecule has 0 radical (unpaired) electrons. The van der Waals surface area contributed by atoms with E-state index in [-0.39, 0.29) is 11.6 Å². The molecular weight excluding hydrogens is 216 g/mol. The van der Waals surface area contributed by atoms with Gasteiger partial charge in [-0.05, 0) is 53.0 Å². The fraction of sp³-hybridized carbons (Fsp3) is 0.923. The molecule has 0 aromatic heterocycles. The minimum Gasteiger partial charge on any atom is -0.444 e. The highest BCUT2D eigenvalue weighted by atomic mass is 16.6. The Morgan fingerprint density at radius 3 is 2.41 bits per heavy atom. The highest BCUT2D eigenvalue weighted by Crippen LogP contribution is 2.31. The van der Waals surface area contributed by atoms with Gasteiger partial charge in [-0.2, -0.15) is 0 Å². The molecule has 0 atom stereocenters. The molecule has 4 heteroatoms. The molecule has 100 valence electrons. The number of nitrogens with one attached hydrogen (secondary N) is 2. The SMILES string of the molecule is CCCNCC1(NC(=O)OC(C)(C)C)CCC1. The zero-order chi connectivity index (χ0) is 12.9. The second kappa shape index (κ2) is 5.71. The van der Waals surface area contributed by atoms with Crippen molar-refractivity contribution in [3.05, 3.63) is 0 Å².